The highest BCUT2D eigenvalue weighted by molar-refractivity contribution is 5.43. The predicted octanol–water partition coefficient (Wildman–Crippen LogP) is 1.26. The van der Waals surface area contributed by atoms with Crippen molar-refractivity contribution in [2.24, 2.45) is 17.3 Å². The maximum absolute atomic E-state index is 11.0. The van der Waals surface area contributed by atoms with E-state index in [0.29, 0.717) is 11.3 Å². The molecule has 1 spiro atoms. The quantitative estimate of drug-likeness (QED) is 0.731. The first-order valence-corrected chi connectivity index (χ1v) is 9.32. The molecule has 0 aliphatic heterocycles. The molecular weight excluding hydrogens is 364 g/mol. The smallest absolute Gasteiger partial charge is 0.207 e. The molecule has 0 saturated heterocycles. The van der Waals surface area contributed by atoms with Crippen LogP contribution in [0.1, 0.15) is 62.5 Å². The fourth-order valence-electron chi connectivity index (χ4n) is 7.09. The van der Waals surface area contributed by atoms with Crippen molar-refractivity contribution in [1.82, 2.24) is 0 Å². The van der Waals surface area contributed by atoms with Crippen molar-refractivity contribution in [2.45, 2.75) is 63.4 Å². The van der Waals surface area contributed by atoms with Gasteiger partial charge in [-0.3, -0.25) is 0 Å². The molecule has 0 heterocycles. The predicted molar refractivity (Wildman–Crippen MR) is 90.4 cm³/mol. The van der Waals surface area contributed by atoms with Crippen LogP contribution in [0.5, 0.6) is 5.75 Å². The SMILES string of the molecule is COc1ccc2c(c1)CC[C@@H]1[C@@H]2CC[C@@]12[C+](C)[C@@]1(O)CC[C@@H]2C1.[Br-]. The maximum atomic E-state index is 11.0. The van der Waals surface area contributed by atoms with Gasteiger partial charge in [0.25, 0.3) is 0 Å². The summed E-state index contributed by atoms with van der Waals surface area (Å²) in [5.41, 5.74) is 2.98. The molecule has 3 saturated carbocycles. The summed E-state index contributed by atoms with van der Waals surface area (Å²) in [6.45, 7) is 2.28. The van der Waals surface area contributed by atoms with Crippen LogP contribution in [0.2, 0.25) is 0 Å². The fraction of sp³-hybridized carbons (Fsp3) is 0.667. The van der Waals surface area contributed by atoms with E-state index in [1.54, 1.807) is 12.7 Å². The number of fused-ring (bicyclic) bond motifs is 7. The molecule has 5 atom stereocenters. The molecule has 1 N–H and O–H groups in total. The van der Waals surface area contributed by atoms with Crippen LogP contribution < -0.4 is 21.7 Å². The summed E-state index contributed by atoms with van der Waals surface area (Å²) in [7, 11) is 1.76. The highest BCUT2D eigenvalue weighted by Gasteiger charge is 2.76. The van der Waals surface area contributed by atoms with E-state index >= 15 is 0 Å². The van der Waals surface area contributed by atoms with Gasteiger partial charge in [-0.2, -0.15) is 0 Å². The number of hydrogen-bond donors (Lipinski definition) is 1. The molecule has 2 bridgehead atoms. The summed E-state index contributed by atoms with van der Waals surface area (Å²) in [4.78, 5) is 0. The Morgan fingerprint density at radius 1 is 1.21 bits per heavy atom. The summed E-state index contributed by atoms with van der Waals surface area (Å²) in [5.74, 6) is 4.63. The normalized spacial score (nSPS) is 42.0. The zero-order valence-corrected chi connectivity index (χ0v) is 16.2. The second-order valence-corrected chi connectivity index (χ2v) is 8.49. The minimum absolute atomic E-state index is 0. The van der Waals surface area contributed by atoms with Crippen LogP contribution >= 0.6 is 0 Å². The topological polar surface area (TPSA) is 29.5 Å². The standard InChI is InChI=1S/C21H27O2.BrH/c1-13-20(22)9-7-15(12-20)21(13)10-8-18-17-5-4-16(23-2)11-14(17)3-6-19(18)21;/h4-5,11,15,18-19,22H,3,6-10,12H2,1-2H3;1H/q+1;/p-1/t15-,18-,19-,20-,21+;/m1./s1. The van der Waals surface area contributed by atoms with Gasteiger partial charge in [0.1, 0.15) is 17.1 Å². The number of aliphatic hydroxyl groups is 1. The molecule has 130 valence electrons. The Morgan fingerprint density at radius 3 is 2.75 bits per heavy atom. The molecular formula is C21H27BrO2. The van der Waals surface area contributed by atoms with Crippen molar-refractivity contribution in [1.29, 1.82) is 0 Å². The Bertz CT molecular complexity index is 659. The Kier molecular flexibility index (Phi) is 3.78. The second kappa shape index (κ2) is 5.41. The lowest BCUT2D eigenvalue weighted by atomic mass is 9.57. The molecule has 5 rings (SSSR count). The molecule has 2 nitrogen and oxygen atoms in total. The van der Waals surface area contributed by atoms with E-state index in [1.807, 2.05) is 0 Å². The van der Waals surface area contributed by atoms with Gasteiger partial charge in [-0.15, -0.1) is 0 Å². The fourth-order valence-corrected chi connectivity index (χ4v) is 7.09. The highest BCUT2D eigenvalue weighted by Crippen LogP contribution is 2.73. The lowest BCUT2D eigenvalue weighted by Crippen LogP contribution is -3.00. The van der Waals surface area contributed by atoms with Crippen LogP contribution in [0, 0.1) is 23.2 Å². The molecule has 1 aromatic carbocycles. The minimum Gasteiger partial charge on any atom is -1.00 e. The van der Waals surface area contributed by atoms with Gasteiger partial charge in [0.15, 0.2) is 0 Å². The number of rotatable bonds is 1. The molecule has 3 heteroatoms. The molecule has 4 aliphatic carbocycles. The summed E-state index contributed by atoms with van der Waals surface area (Å²) < 4.78 is 5.42. The number of aryl methyl sites for hydroxylation is 1. The summed E-state index contributed by atoms with van der Waals surface area (Å²) in [6, 6.07) is 6.71. The van der Waals surface area contributed by atoms with E-state index in [2.05, 4.69) is 25.1 Å². The molecule has 3 fully saturated rings. The van der Waals surface area contributed by atoms with Gasteiger partial charge in [0, 0.05) is 24.7 Å². The van der Waals surface area contributed by atoms with E-state index < -0.39 is 5.60 Å². The molecule has 4 aliphatic rings. The van der Waals surface area contributed by atoms with E-state index in [1.165, 1.54) is 43.6 Å². The summed E-state index contributed by atoms with van der Waals surface area (Å²) >= 11 is 0. The van der Waals surface area contributed by atoms with Crippen LogP contribution in [-0.4, -0.2) is 17.8 Å². The first-order chi connectivity index (χ1) is 11.1. The molecule has 0 aromatic heterocycles. The monoisotopic (exact) mass is 390 g/mol. The average molecular weight is 391 g/mol. The molecule has 0 radical (unpaired) electrons. The van der Waals surface area contributed by atoms with Gasteiger partial charge >= 0.3 is 0 Å². The van der Waals surface area contributed by atoms with Crippen LogP contribution in [0.4, 0.5) is 0 Å². The largest absolute Gasteiger partial charge is 1.00 e. The Morgan fingerprint density at radius 2 is 2.04 bits per heavy atom. The molecule has 1 aromatic rings. The van der Waals surface area contributed by atoms with Gasteiger partial charge in [-0.05, 0) is 61.3 Å². The van der Waals surface area contributed by atoms with Gasteiger partial charge in [0.2, 0.25) is 5.60 Å². The third-order valence-corrected chi connectivity index (χ3v) is 8.11. The average Bonchev–Trinajstić information content (AvgIpc) is 3.20. The minimum atomic E-state index is -0.431. The van der Waals surface area contributed by atoms with Crippen molar-refractivity contribution < 1.29 is 26.8 Å². The van der Waals surface area contributed by atoms with E-state index in [-0.39, 0.29) is 17.0 Å². The second-order valence-electron chi connectivity index (χ2n) is 8.49. The van der Waals surface area contributed by atoms with E-state index in [0.717, 1.165) is 30.4 Å². The lowest BCUT2D eigenvalue weighted by molar-refractivity contribution is -0.0000145. The molecule has 0 amide bonds. The summed E-state index contributed by atoms with van der Waals surface area (Å²) in [5, 5.41) is 11.0. The van der Waals surface area contributed by atoms with Gasteiger partial charge in [-0.1, -0.05) is 6.07 Å². The number of hydrogen-bond acceptors (Lipinski definition) is 2. The Labute approximate surface area is 155 Å². The van der Waals surface area contributed by atoms with Crippen molar-refractivity contribution in [3.05, 3.63) is 35.2 Å². The van der Waals surface area contributed by atoms with Crippen molar-refractivity contribution >= 4 is 0 Å². The van der Waals surface area contributed by atoms with Crippen LogP contribution in [0.3, 0.4) is 0 Å². The maximum Gasteiger partial charge on any atom is 0.207 e. The van der Waals surface area contributed by atoms with Crippen molar-refractivity contribution in [3.8, 4) is 5.75 Å². The Balaban J connectivity index is 0.00000146. The van der Waals surface area contributed by atoms with Gasteiger partial charge in [0.05, 0.1) is 14.0 Å². The number of halogens is 1. The van der Waals surface area contributed by atoms with Crippen molar-refractivity contribution in [2.75, 3.05) is 7.11 Å². The first kappa shape index (κ1) is 16.8. The van der Waals surface area contributed by atoms with Crippen LogP contribution in [0.25, 0.3) is 0 Å². The van der Waals surface area contributed by atoms with Crippen molar-refractivity contribution in [3.63, 3.8) is 0 Å². The van der Waals surface area contributed by atoms with E-state index in [4.69, 9.17) is 4.74 Å². The van der Waals surface area contributed by atoms with Crippen LogP contribution in [-0.2, 0) is 6.42 Å². The summed E-state index contributed by atoms with van der Waals surface area (Å²) in [6.07, 6.45) is 8.35. The third kappa shape index (κ3) is 1.89. The van der Waals surface area contributed by atoms with Gasteiger partial charge in [-0.25, -0.2) is 0 Å². The molecule has 0 unspecified atom stereocenters. The first-order valence-electron chi connectivity index (χ1n) is 9.32. The van der Waals surface area contributed by atoms with E-state index in [9.17, 15) is 5.11 Å². The third-order valence-electron chi connectivity index (χ3n) is 8.11. The van der Waals surface area contributed by atoms with Crippen LogP contribution in [0.15, 0.2) is 18.2 Å². The number of methoxy groups -OCH3 is 1. The molecule has 24 heavy (non-hydrogen) atoms. The highest BCUT2D eigenvalue weighted by atomic mass is 79.9. The number of benzene rings is 1. The zero-order chi connectivity index (χ0) is 15.8. The Hall–Kier alpha value is -0.670. The van der Waals surface area contributed by atoms with Gasteiger partial charge < -0.3 is 26.8 Å². The zero-order valence-electron chi connectivity index (χ0n) is 14.6. The number of ether oxygens (including phenoxy) is 1. The lowest BCUT2D eigenvalue weighted by Gasteiger charge is -2.41.